The Morgan fingerprint density at radius 3 is 2.05 bits per heavy atom. The van der Waals surface area contributed by atoms with E-state index in [0.717, 1.165) is 31.2 Å². The SMILES string of the molecule is O=C1CC(c2ccc(F)cc2)CC(=O)C1C(=O)C1CCCC1. The molecule has 0 radical (unpaired) electrons. The second-order valence-corrected chi connectivity index (χ2v) is 6.41. The van der Waals surface area contributed by atoms with Gasteiger partial charge in [-0.1, -0.05) is 25.0 Å². The number of ketones is 3. The summed E-state index contributed by atoms with van der Waals surface area (Å²) in [6, 6.07) is 5.89. The lowest BCUT2D eigenvalue weighted by Crippen LogP contribution is -2.40. The highest BCUT2D eigenvalue weighted by molar-refractivity contribution is 6.21. The number of carbonyl (C=O) groups is 3. The van der Waals surface area contributed by atoms with Gasteiger partial charge in [0.2, 0.25) is 0 Å². The van der Waals surface area contributed by atoms with Crippen LogP contribution in [-0.4, -0.2) is 17.3 Å². The first-order valence-electron chi connectivity index (χ1n) is 7.91. The number of Topliss-reactive ketones (excluding diaryl/α,β-unsaturated/α-hetero) is 3. The molecule has 0 bridgehead atoms. The molecule has 116 valence electrons. The van der Waals surface area contributed by atoms with E-state index in [1.807, 2.05) is 0 Å². The van der Waals surface area contributed by atoms with Gasteiger partial charge in [-0.25, -0.2) is 4.39 Å². The molecule has 4 heteroatoms. The van der Waals surface area contributed by atoms with Crippen LogP contribution in [0, 0.1) is 17.7 Å². The van der Waals surface area contributed by atoms with E-state index < -0.39 is 5.92 Å². The summed E-state index contributed by atoms with van der Waals surface area (Å²) in [6.07, 6.45) is 4.00. The monoisotopic (exact) mass is 302 g/mol. The zero-order valence-electron chi connectivity index (χ0n) is 12.4. The third kappa shape index (κ3) is 2.87. The Labute approximate surface area is 128 Å². The van der Waals surface area contributed by atoms with Gasteiger partial charge in [0, 0.05) is 18.8 Å². The summed E-state index contributed by atoms with van der Waals surface area (Å²) in [6.45, 7) is 0. The van der Waals surface area contributed by atoms with Crippen LogP contribution < -0.4 is 0 Å². The fourth-order valence-corrected chi connectivity index (χ4v) is 3.71. The van der Waals surface area contributed by atoms with Crippen molar-refractivity contribution in [1.29, 1.82) is 0 Å². The molecule has 2 aliphatic rings. The lowest BCUT2D eigenvalue weighted by molar-refractivity contribution is -0.144. The molecule has 0 amide bonds. The third-order valence-electron chi connectivity index (χ3n) is 4.92. The molecule has 2 saturated carbocycles. The van der Waals surface area contributed by atoms with Crippen molar-refractivity contribution >= 4 is 17.3 Å². The van der Waals surface area contributed by atoms with Gasteiger partial charge in [0.1, 0.15) is 11.7 Å². The minimum Gasteiger partial charge on any atom is -0.298 e. The minimum atomic E-state index is -1.04. The number of halogens is 1. The summed E-state index contributed by atoms with van der Waals surface area (Å²) in [5.41, 5.74) is 0.787. The molecule has 22 heavy (non-hydrogen) atoms. The van der Waals surface area contributed by atoms with Crippen molar-refractivity contribution in [3.05, 3.63) is 35.6 Å². The second kappa shape index (κ2) is 6.11. The third-order valence-corrected chi connectivity index (χ3v) is 4.92. The first-order valence-corrected chi connectivity index (χ1v) is 7.91. The molecule has 0 N–H and O–H groups in total. The largest absolute Gasteiger partial charge is 0.298 e. The molecule has 0 unspecified atom stereocenters. The van der Waals surface area contributed by atoms with Crippen LogP contribution in [0.4, 0.5) is 4.39 Å². The first-order chi connectivity index (χ1) is 10.6. The molecule has 1 aromatic rings. The predicted octanol–water partition coefficient (Wildman–Crippen LogP) is 3.22. The van der Waals surface area contributed by atoms with Crippen LogP contribution in [0.3, 0.4) is 0 Å². The summed E-state index contributed by atoms with van der Waals surface area (Å²) in [4.78, 5) is 37.1. The average molecular weight is 302 g/mol. The molecule has 0 saturated heterocycles. The van der Waals surface area contributed by atoms with Gasteiger partial charge in [-0.3, -0.25) is 14.4 Å². The van der Waals surface area contributed by atoms with Crippen LogP contribution in [0.25, 0.3) is 0 Å². The van der Waals surface area contributed by atoms with Crippen LogP contribution in [0.5, 0.6) is 0 Å². The van der Waals surface area contributed by atoms with Gasteiger partial charge in [-0.2, -0.15) is 0 Å². The lowest BCUT2D eigenvalue weighted by atomic mass is 9.73. The second-order valence-electron chi connectivity index (χ2n) is 6.41. The van der Waals surface area contributed by atoms with Crippen LogP contribution >= 0.6 is 0 Å². The Bertz CT molecular complexity index is 581. The Balaban J connectivity index is 1.74. The van der Waals surface area contributed by atoms with E-state index in [1.54, 1.807) is 12.1 Å². The average Bonchev–Trinajstić information content (AvgIpc) is 3.01. The summed E-state index contributed by atoms with van der Waals surface area (Å²) in [5.74, 6) is -2.41. The van der Waals surface area contributed by atoms with Crippen molar-refractivity contribution in [2.75, 3.05) is 0 Å². The van der Waals surface area contributed by atoms with Gasteiger partial charge >= 0.3 is 0 Å². The number of benzene rings is 1. The van der Waals surface area contributed by atoms with E-state index in [2.05, 4.69) is 0 Å². The highest BCUT2D eigenvalue weighted by atomic mass is 19.1. The normalized spacial score (nSPS) is 26.4. The van der Waals surface area contributed by atoms with E-state index in [0.29, 0.717) is 0 Å². The molecule has 2 aliphatic carbocycles. The Morgan fingerprint density at radius 2 is 1.50 bits per heavy atom. The summed E-state index contributed by atoms with van der Waals surface area (Å²) >= 11 is 0. The van der Waals surface area contributed by atoms with E-state index in [1.165, 1.54) is 12.1 Å². The fraction of sp³-hybridized carbons (Fsp3) is 0.500. The molecule has 0 heterocycles. The van der Waals surface area contributed by atoms with Gasteiger partial charge in [0.05, 0.1) is 0 Å². The molecular formula is C18H19FO3. The maximum Gasteiger partial charge on any atom is 0.153 e. The summed E-state index contributed by atoms with van der Waals surface area (Å²) < 4.78 is 13.0. The molecule has 3 rings (SSSR count). The summed E-state index contributed by atoms with van der Waals surface area (Å²) in [5, 5.41) is 0. The molecule has 0 aromatic heterocycles. The highest BCUT2D eigenvalue weighted by Crippen LogP contribution is 2.35. The number of hydrogen-bond donors (Lipinski definition) is 0. The molecule has 0 atom stereocenters. The Morgan fingerprint density at radius 1 is 0.955 bits per heavy atom. The fourth-order valence-electron chi connectivity index (χ4n) is 3.71. The zero-order valence-corrected chi connectivity index (χ0v) is 12.4. The maximum absolute atomic E-state index is 13.0. The molecule has 2 fully saturated rings. The van der Waals surface area contributed by atoms with Crippen molar-refractivity contribution in [3.63, 3.8) is 0 Å². The van der Waals surface area contributed by atoms with Crippen LogP contribution in [0.2, 0.25) is 0 Å². The van der Waals surface area contributed by atoms with Gasteiger partial charge in [-0.15, -0.1) is 0 Å². The van der Waals surface area contributed by atoms with E-state index in [9.17, 15) is 18.8 Å². The van der Waals surface area contributed by atoms with Crippen LogP contribution in [0.1, 0.15) is 50.0 Å². The zero-order chi connectivity index (χ0) is 15.7. The molecular weight excluding hydrogens is 283 g/mol. The maximum atomic E-state index is 13.0. The molecule has 1 aromatic carbocycles. The first kappa shape index (κ1) is 15.1. The van der Waals surface area contributed by atoms with E-state index >= 15 is 0 Å². The lowest BCUT2D eigenvalue weighted by Gasteiger charge is -2.27. The Kier molecular flexibility index (Phi) is 4.19. The van der Waals surface area contributed by atoms with Gasteiger partial charge in [0.25, 0.3) is 0 Å². The molecule has 0 spiro atoms. The van der Waals surface area contributed by atoms with Crippen LogP contribution in [-0.2, 0) is 14.4 Å². The van der Waals surface area contributed by atoms with Gasteiger partial charge < -0.3 is 0 Å². The van der Waals surface area contributed by atoms with Crippen molar-refractivity contribution in [1.82, 2.24) is 0 Å². The standard InChI is InChI=1S/C18H19FO3/c19-14-7-5-11(6-8-14)13-9-15(20)17(16(21)10-13)18(22)12-3-1-2-4-12/h5-8,12-13,17H,1-4,9-10H2. The van der Waals surface area contributed by atoms with Crippen molar-refractivity contribution in [2.24, 2.45) is 11.8 Å². The Hall–Kier alpha value is -1.84. The summed E-state index contributed by atoms with van der Waals surface area (Å²) in [7, 11) is 0. The molecule has 0 aliphatic heterocycles. The minimum absolute atomic E-state index is 0.111. The van der Waals surface area contributed by atoms with Crippen LogP contribution in [0.15, 0.2) is 24.3 Å². The van der Waals surface area contributed by atoms with E-state index in [-0.39, 0.29) is 47.8 Å². The number of hydrogen-bond acceptors (Lipinski definition) is 3. The quantitative estimate of drug-likeness (QED) is 0.806. The van der Waals surface area contributed by atoms with Gasteiger partial charge in [0.15, 0.2) is 17.3 Å². The smallest absolute Gasteiger partial charge is 0.153 e. The van der Waals surface area contributed by atoms with Crippen molar-refractivity contribution < 1.29 is 18.8 Å². The number of carbonyl (C=O) groups excluding carboxylic acids is 3. The van der Waals surface area contributed by atoms with Gasteiger partial charge in [-0.05, 0) is 36.5 Å². The van der Waals surface area contributed by atoms with E-state index in [4.69, 9.17) is 0 Å². The van der Waals surface area contributed by atoms with Crippen molar-refractivity contribution in [3.8, 4) is 0 Å². The topological polar surface area (TPSA) is 51.2 Å². The van der Waals surface area contributed by atoms with Crippen molar-refractivity contribution in [2.45, 2.75) is 44.4 Å². The number of rotatable bonds is 3. The predicted molar refractivity (Wildman–Crippen MR) is 78.8 cm³/mol. The molecule has 3 nitrogen and oxygen atoms in total. The highest BCUT2D eigenvalue weighted by Gasteiger charge is 2.43.